The van der Waals surface area contributed by atoms with Crippen LogP contribution in [0.5, 0.6) is 0 Å². The van der Waals surface area contributed by atoms with Gasteiger partial charge in [0.1, 0.15) is 6.54 Å². The van der Waals surface area contributed by atoms with Crippen LogP contribution in [-0.2, 0) is 32.0 Å². The van der Waals surface area contributed by atoms with Crippen LogP contribution >= 0.6 is 0 Å². The number of aryl methyl sites for hydroxylation is 1. The second-order valence-corrected chi connectivity index (χ2v) is 6.23. The molecule has 4 heterocycles. The normalized spacial score (nSPS) is 11.3. The van der Waals surface area contributed by atoms with E-state index in [1.807, 2.05) is 24.4 Å². The van der Waals surface area contributed by atoms with Crippen molar-refractivity contribution in [3.05, 3.63) is 63.3 Å². The maximum Gasteiger partial charge on any atom is 0.332 e. The summed E-state index contributed by atoms with van der Waals surface area (Å²) in [6.45, 7) is 0.235. The first-order chi connectivity index (χ1) is 13.0. The lowest BCUT2D eigenvalue weighted by atomic mass is 10.2. The second-order valence-electron chi connectivity index (χ2n) is 6.23. The van der Waals surface area contributed by atoms with Crippen LogP contribution < -0.4 is 16.6 Å². The molecule has 1 N–H and O–H groups in total. The van der Waals surface area contributed by atoms with Gasteiger partial charge in [-0.3, -0.25) is 18.7 Å². The summed E-state index contributed by atoms with van der Waals surface area (Å²) in [5, 5.41) is 7.05. The number of rotatable bonds is 4. The smallest absolute Gasteiger partial charge is 0.332 e. The van der Waals surface area contributed by atoms with Crippen LogP contribution in [0, 0.1) is 0 Å². The molecule has 0 saturated carbocycles. The molecule has 0 aliphatic rings. The Balaban J connectivity index is 1.57. The van der Waals surface area contributed by atoms with E-state index in [2.05, 4.69) is 15.4 Å². The average Bonchev–Trinajstić information content (AvgIpc) is 3.27. The zero-order valence-corrected chi connectivity index (χ0v) is 14.8. The van der Waals surface area contributed by atoms with Crippen molar-refractivity contribution in [2.75, 3.05) is 0 Å². The minimum atomic E-state index is -0.485. The number of amides is 1. The summed E-state index contributed by atoms with van der Waals surface area (Å²) in [7, 11) is 2.93. The molecule has 0 saturated heterocycles. The van der Waals surface area contributed by atoms with Crippen molar-refractivity contribution < 1.29 is 4.79 Å². The molecule has 10 nitrogen and oxygen atoms in total. The van der Waals surface area contributed by atoms with Crippen LogP contribution in [0.2, 0.25) is 0 Å². The zero-order chi connectivity index (χ0) is 19.1. The zero-order valence-electron chi connectivity index (χ0n) is 14.8. The van der Waals surface area contributed by atoms with Gasteiger partial charge in [0.25, 0.3) is 5.56 Å². The molecule has 0 unspecified atom stereocenters. The molecule has 27 heavy (non-hydrogen) atoms. The molecule has 4 rings (SSSR count). The highest BCUT2D eigenvalue weighted by molar-refractivity contribution is 5.79. The average molecular weight is 367 g/mol. The van der Waals surface area contributed by atoms with E-state index in [0.29, 0.717) is 6.54 Å². The Morgan fingerprint density at radius 3 is 2.81 bits per heavy atom. The summed E-state index contributed by atoms with van der Waals surface area (Å²) < 4.78 is 5.46. The molecule has 0 radical (unpaired) electrons. The topological polar surface area (TPSA) is 108 Å². The molecule has 1 amide bonds. The van der Waals surface area contributed by atoms with E-state index in [1.54, 1.807) is 10.7 Å². The predicted octanol–water partition coefficient (Wildman–Crippen LogP) is -0.602. The summed E-state index contributed by atoms with van der Waals surface area (Å²) in [5.41, 5.74) is 1.31. The summed E-state index contributed by atoms with van der Waals surface area (Å²) in [6, 6.07) is 5.70. The standard InChI is InChI=1S/C17H17N7O3/c1-21-15-14(16(26)22(2)17(21)27)23(10-19-15)9-13(25)18-7-11-8-20-24-6-4-3-5-12(11)24/h3-6,8,10H,7,9H2,1-2H3,(H,18,25). The summed E-state index contributed by atoms with van der Waals surface area (Å²) in [5.74, 6) is -0.277. The summed E-state index contributed by atoms with van der Waals surface area (Å²) >= 11 is 0. The van der Waals surface area contributed by atoms with Crippen molar-refractivity contribution in [3.8, 4) is 0 Å². The minimum absolute atomic E-state index is 0.0802. The number of nitrogens with one attached hydrogen (secondary N) is 1. The van der Waals surface area contributed by atoms with E-state index in [9.17, 15) is 14.4 Å². The maximum absolute atomic E-state index is 12.4. The molecule has 10 heteroatoms. The first-order valence-electron chi connectivity index (χ1n) is 8.26. The molecule has 0 spiro atoms. The van der Waals surface area contributed by atoms with Gasteiger partial charge in [-0.2, -0.15) is 5.10 Å². The third kappa shape index (κ3) is 2.71. The first-order valence-corrected chi connectivity index (χ1v) is 8.26. The molecule has 0 fully saturated rings. The molecule has 4 aromatic heterocycles. The maximum atomic E-state index is 12.4. The van der Waals surface area contributed by atoms with Crippen molar-refractivity contribution in [3.63, 3.8) is 0 Å². The van der Waals surface area contributed by atoms with Crippen molar-refractivity contribution in [1.29, 1.82) is 0 Å². The Hall–Kier alpha value is -3.69. The Bertz CT molecular complexity index is 1290. The van der Waals surface area contributed by atoms with Gasteiger partial charge >= 0.3 is 5.69 Å². The van der Waals surface area contributed by atoms with Gasteiger partial charge in [-0.1, -0.05) is 6.07 Å². The number of nitrogens with zero attached hydrogens (tertiary/aromatic N) is 6. The molecular formula is C17H17N7O3. The lowest BCUT2D eigenvalue weighted by Crippen LogP contribution is -2.38. The fourth-order valence-electron chi connectivity index (χ4n) is 3.04. The molecule has 0 aliphatic carbocycles. The Morgan fingerprint density at radius 1 is 1.19 bits per heavy atom. The molecular weight excluding hydrogens is 350 g/mol. The monoisotopic (exact) mass is 367 g/mol. The number of pyridine rings is 1. The number of hydrogen-bond acceptors (Lipinski definition) is 5. The van der Waals surface area contributed by atoms with E-state index < -0.39 is 11.2 Å². The van der Waals surface area contributed by atoms with E-state index in [1.165, 1.54) is 29.6 Å². The molecule has 4 aromatic rings. The van der Waals surface area contributed by atoms with Gasteiger partial charge in [-0.25, -0.2) is 14.3 Å². The lowest BCUT2D eigenvalue weighted by Gasteiger charge is -2.07. The van der Waals surface area contributed by atoms with E-state index in [0.717, 1.165) is 15.6 Å². The van der Waals surface area contributed by atoms with Crippen molar-refractivity contribution in [2.24, 2.45) is 14.1 Å². The van der Waals surface area contributed by atoms with Gasteiger partial charge in [-0.05, 0) is 12.1 Å². The van der Waals surface area contributed by atoms with Crippen molar-refractivity contribution in [1.82, 2.24) is 33.6 Å². The largest absolute Gasteiger partial charge is 0.350 e. The number of carbonyl (C=O) groups is 1. The highest BCUT2D eigenvalue weighted by Gasteiger charge is 2.16. The predicted molar refractivity (Wildman–Crippen MR) is 97.3 cm³/mol. The first kappa shape index (κ1) is 16.8. The molecule has 0 atom stereocenters. The molecule has 138 valence electrons. The third-order valence-electron chi connectivity index (χ3n) is 4.51. The Morgan fingerprint density at radius 2 is 2.00 bits per heavy atom. The third-order valence-corrected chi connectivity index (χ3v) is 4.51. The van der Waals surface area contributed by atoms with Crippen LogP contribution in [0.1, 0.15) is 5.56 Å². The van der Waals surface area contributed by atoms with Crippen LogP contribution in [0.25, 0.3) is 16.7 Å². The Labute approximate surface area is 152 Å². The summed E-state index contributed by atoms with van der Waals surface area (Å²) in [4.78, 5) is 40.8. The van der Waals surface area contributed by atoms with Crippen LogP contribution in [0.4, 0.5) is 0 Å². The molecule has 0 bridgehead atoms. The quantitative estimate of drug-likeness (QED) is 0.518. The van der Waals surface area contributed by atoms with Gasteiger partial charge in [0.2, 0.25) is 5.91 Å². The van der Waals surface area contributed by atoms with E-state index >= 15 is 0 Å². The molecule has 0 aliphatic heterocycles. The van der Waals surface area contributed by atoms with Crippen molar-refractivity contribution in [2.45, 2.75) is 13.1 Å². The van der Waals surface area contributed by atoms with Gasteiger partial charge in [-0.15, -0.1) is 0 Å². The number of hydrogen-bond donors (Lipinski definition) is 1. The summed E-state index contributed by atoms with van der Waals surface area (Å²) in [6.07, 6.45) is 4.92. The van der Waals surface area contributed by atoms with Crippen LogP contribution in [0.3, 0.4) is 0 Å². The van der Waals surface area contributed by atoms with Gasteiger partial charge < -0.3 is 9.88 Å². The molecule has 0 aromatic carbocycles. The van der Waals surface area contributed by atoms with Crippen molar-refractivity contribution >= 4 is 22.6 Å². The van der Waals surface area contributed by atoms with Gasteiger partial charge in [0.15, 0.2) is 11.2 Å². The lowest BCUT2D eigenvalue weighted by molar-refractivity contribution is -0.121. The Kier molecular flexibility index (Phi) is 3.87. The van der Waals surface area contributed by atoms with Gasteiger partial charge in [0, 0.05) is 32.4 Å². The number of aromatic nitrogens is 6. The highest BCUT2D eigenvalue weighted by Crippen LogP contribution is 2.09. The number of carbonyl (C=O) groups excluding carboxylic acids is 1. The number of imidazole rings is 1. The second kappa shape index (κ2) is 6.24. The van der Waals surface area contributed by atoms with E-state index in [4.69, 9.17) is 0 Å². The van der Waals surface area contributed by atoms with Crippen LogP contribution in [0.15, 0.2) is 46.5 Å². The van der Waals surface area contributed by atoms with Gasteiger partial charge in [0.05, 0.1) is 18.0 Å². The minimum Gasteiger partial charge on any atom is -0.350 e. The van der Waals surface area contributed by atoms with E-state index in [-0.39, 0.29) is 23.6 Å². The SMILES string of the molecule is Cn1c(=O)c2c(ncn2CC(=O)NCc2cnn3ccccc23)n(C)c1=O. The highest BCUT2D eigenvalue weighted by atomic mass is 16.2. The fourth-order valence-corrected chi connectivity index (χ4v) is 3.04. The van der Waals surface area contributed by atoms with Crippen LogP contribution in [-0.4, -0.2) is 34.2 Å². The fraction of sp³-hybridized carbons (Fsp3) is 0.235. The number of fused-ring (bicyclic) bond motifs is 2.